The van der Waals surface area contributed by atoms with Crippen molar-refractivity contribution in [3.8, 4) is 0 Å². The number of nitrogens with one attached hydrogen (secondary N) is 1. The van der Waals surface area contributed by atoms with Gasteiger partial charge in [-0.05, 0) is 51.9 Å². The van der Waals surface area contributed by atoms with Crippen molar-refractivity contribution in [2.45, 2.75) is 51.7 Å². The summed E-state index contributed by atoms with van der Waals surface area (Å²) in [4.78, 5) is 23.7. The molecule has 0 heterocycles. The lowest BCUT2D eigenvalue weighted by molar-refractivity contribution is -0.148. The van der Waals surface area contributed by atoms with Gasteiger partial charge in [-0.3, -0.25) is 4.79 Å². The number of hydrogen-bond acceptors (Lipinski definition) is 4. The fourth-order valence-corrected chi connectivity index (χ4v) is 3.42. The van der Waals surface area contributed by atoms with Gasteiger partial charge in [-0.25, -0.2) is 4.79 Å². The molecule has 2 aliphatic rings. The maximum Gasteiger partial charge on any atom is 0.407 e. The molecule has 2 bridgehead atoms. The highest BCUT2D eigenvalue weighted by Crippen LogP contribution is 2.48. The minimum atomic E-state index is -0.525. The van der Waals surface area contributed by atoms with Crippen LogP contribution in [0, 0.1) is 17.8 Å². The standard InChI is InChI=1S/C14H23NO4/c1-14(2,3)19-13(17)15-11-9-6-5-8(7-9)10(11)12(16)18-4/h8-11H,5-7H2,1-4H3,(H,15,17). The summed E-state index contributed by atoms with van der Waals surface area (Å²) in [5, 5.41) is 2.87. The number of amides is 1. The number of esters is 1. The molecule has 108 valence electrons. The Morgan fingerprint density at radius 3 is 2.37 bits per heavy atom. The number of methoxy groups -OCH3 is 1. The van der Waals surface area contributed by atoms with Crippen LogP contribution in [0.3, 0.4) is 0 Å². The number of alkyl carbamates (subject to hydrolysis) is 1. The van der Waals surface area contributed by atoms with Crippen LogP contribution in [-0.2, 0) is 14.3 Å². The molecule has 0 saturated heterocycles. The van der Waals surface area contributed by atoms with Gasteiger partial charge in [-0.2, -0.15) is 0 Å². The lowest BCUT2D eigenvalue weighted by Crippen LogP contribution is -2.48. The first-order valence-electron chi connectivity index (χ1n) is 6.89. The number of hydrogen-bond donors (Lipinski definition) is 1. The van der Waals surface area contributed by atoms with E-state index in [9.17, 15) is 9.59 Å². The van der Waals surface area contributed by atoms with E-state index in [1.807, 2.05) is 20.8 Å². The second kappa shape index (κ2) is 5.02. The number of carbonyl (C=O) groups is 2. The minimum Gasteiger partial charge on any atom is -0.469 e. The summed E-state index contributed by atoms with van der Waals surface area (Å²) in [6.45, 7) is 5.47. The van der Waals surface area contributed by atoms with Gasteiger partial charge in [-0.15, -0.1) is 0 Å². The second-order valence-corrected chi connectivity index (χ2v) is 6.55. The Hall–Kier alpha value is -1.26. The summed E-state index contributed by atoms with van der Waals surface area (Å²) in [5.74, 6) is 0.295. The topological polar surface area (TPSA) is 64.6 Å². The molecule has 2 aliphatic carbocycles. The molecule has 2 rings (SSSR count). The third-order valence-corrected chi connectivity index (χ3v) is 4.07. The van der Waals surface area contributed by atoms with Crippen molar-refractivity contribution in [2.75, 3.05) is 7.11 Å². The summed E-state index contributed by atoms with van der Waals surface area (Å²) in [6.07, 6.45) is 2.68. The lowest BCUT2D eigenvalue weighted by Gasteiger charge is -2.30. The first-order chi connectivity index (χ1) is 8.81. The first-order valence-corrected chi connectivity index (χ1v) is 6.89. The molecule has 19 heavy (non-hydrogen) atoms. The van der Waals surface area contributed by atoms with Crippen LogP contribution in [0.5, 0.6) is 0 Å². The molecule has 0 aliphatic heterocycles. The Labute approximate surface area is 114 Å². The Bertz CT molecular complexity index is 374. The van der Waals surface area contributed by atoms with Crippen molar-refractivity contribution in [1.29, 1.82) is 0 Å². The molecule has 0 aromatic heterocycles. The highest BCUT2D eigenvalue weighted by molar-refractivity contribution is 5.76. The molecule has 0 radical (unpaired) electrons. The summed E-state index contributed by atoms with van der Waals surface area (Å²) < 4.78 is 10.1. The van der Waals surface area contributed by atoms with Gasteiger partial charge in [0.25, 0.3) is 0 Å². The normalized spacial score (nSPS) is 33.1. The molecule has 5 heteroatoms. The molecule has 2 fully saturated rings. The summed E-state index contributed by atoms with van der Waals surface area (Å²) in [7, 11) is 1.40. The van der Waals surface area contributed by atoms with E-state index in [4.69, 9.17) is 9.47 Å². The van der Waals surface area contributed by atoms with E-state index in [1.54, 1.807) is 0 Å². The van der Waals surface area contributed by atoms with Crippen LogP contribution >= 0.6 is 0 Å². The van der Waals surface area contributed by atoms with Crippen molar-refractivity contribution in [3.63, 3.8) is 0 Å². The van der Waals surface area contributed by atoms with Crippen LogP contribution in [0.4, 0.5) is 4.79 Å². The molecule has 0 aromatic rings. The molecule has 1 N–H and O–H groups in total. The van der Waals surface area contributed by atoms with E-state index >= 15 is 0 Å². The summed E-state index contributed by atoms with van der Waals surface area (Å²) in [6, 6.07) is -0.138. The number of rotatable bonds is 2. The van der Waals surface area contributed by atoms with Gasteiger partial charge in [0, 0.05) is 6.04 Å². The zero-order valence-electron chi connectivity index (χ0n) is 12.1. The quantitative estimate of drug-likeness (QED) is 0.780. The zero-order chi connectivity index (χ0) is 14.2. The van der Waals surface area contributed by atoms with Gasteiger partial charge in [0.15, 0.2) is 0 Å². The van der Waals surface area contributed by atoms with E-state index < -0.39 is 11.7 Å². The highest BCUT2D eigenvalue weighted by Gasteiger charge is 2.52. The Balaban J connectivity index is 2.02. The maximum atomic E-state index is 11.9. The first kappa shape index (κ1) is 14.2. The zero-order valence-corrected chi connectivity index (χ0v) is 12.1. The third-order valence-electron chi connectivity index (χ3n) is 4.07. The molecule has 1 amide bonds. The van der Waals surface area contributed by atoms with Crippen molar-refractivity contribution in [3.05, 3.63) is 0 Å². The predicted molar refractivity (Wildman–Crippen MR) is 69.5 cm³/mol. The minimum absolute atomic E-state index is 0.138. The second-order valence-electron chi connectivity index (χ2n) is 6.55. The van der Waals surface area contributed by atoms with Crippen molar-refractivity contribution in [1.82, 2.24) is 5.32 Å². The van der Waals surface area contributed by atoms with Crippen molar-refractivity contribution in [2.24, 2.45) is 17.8 Å². The Morgan fingerprint density at radius 1 is 1.16 bits per heavy atom. The Kier molecular flexibility index (Phi) is 3.74. The molecular formula is C14H23NO4. The molecule has 2 saturated carbocycles. The van der Waals surface area contributed by atoms with E-state index in [2.05, 4.69) is 5.32 Å². The van der Waals surface area contributed by atoms with Gasteiger partial charge in [0.1, 0.15) is 5.60 Å². The molecule has 4 unspecified atom stereocenters. The average Bonchev–Trinajstić information content (AvgIpc) is 2.85. The van der Waals surface area contributed by atoms with Gasteiger partial charge in [0.2, 0.25) is 0 Å². The highest BCUT2D eigenvalue weighted by atomic mass is 16.6. The van der Waals surface area contributed by atoms with Crippen molar-refractivity contribution < 1.29 is 19.1 Å². The van der Waals surface area contributed by atoms with E-state index in [1.165, 1.54) is 7.11 Å². The molecule has 4 atom stereocenters. The van der Waals surface area contributed by atoms with Gasteiger partial charge in [-0.1, -0.05) is 0 Å². The van der Waals surface area contributed by atoms with E-state index in [0.29, 0.717) is 11.8 Å². The SMILES string of the molecule is COC(=O)C1C2CCC(C2)C1NC(=O)OC(C)(C)C. The number of ether oxygens (including phenoxy) is 2. The average molecular weight is 269 g/mol. The maximum absolute atomic E-state index is 11.9. The summed E-state index contributed by atoms with van der Waals surface area (Å²) >= 11 is 0. The van der Waals surface area contributed by atoms with Gasteiger partial charge < -0.3 is 14.8 Å². The van der Waals surface area contributed by atoms with Gasteiger partial charge in [0.05, 0.1) is 13.0 Å². The number of fused-ring (bicyclic) bond motifs is 2. The van der Waals surface area contributed by atoms with Crippen LogP contribution < -0.4 is 5.32 Å². The predicted octanol–water partition coefficient (Wildman–Crippen LogP) is 2.10. The van der Waals surface area contributed by atoms with Crippen LogP contribution in [0.25, 0.3) is 0 Å². The Morgan fingerprint density at radius 2 is 1.79 bits per heavy atom. The fourth-order valence-electron chi connectivity index (χ4n) is 3.42. The van der Waals surface area contributed by atoms with Crippen LogP contribution in [0.1, 0.15) is 40.0 Å². The monoisotopic (exact) mass is 269 g/mol. The van der Waals surface area contributed by atoms with E-state index in [0.717, 1.165) is 19.3 Å². The summed E-state index contributed by atoms with van der Waals surface area (Å²) in [5.41, 5.74) is -0.525. The fraction of sp³-hybridized carbons (Fsp3) is 0.857. The van der Waals surface area contributed by atoms with Crippen LogP contribution in [-0.4, -0.2) is 30.8 Å². The lowest BCUT2D eigenvalue weighted by atomic mass is 9.84. The molecule has 0 spiro atoms. The van der Waals surface area contributed by atoms with E-state index in [-0.39, 0.29) is 17.9 Å². The van der Waals surface area contributed by atoms with Gasteiger partial charge >= 0.3 is 12.1 Å². The molecular weight excluding hydrogens is 246 g/mol. The van der Waals surface area contributed by atoms with Crippen molar-refractivity contribution >= 4 is 12.1 Å². The third kappa shape index (κ3) is 3.01. The van der Waals surface area contributed by atoms with Crippen LogP contribution in [0.2, 0.25) is 0 Å². The molecule has 5 nitrogen and oxygen atoms in total. The molecule has 0 aromatic carbocycles. The largest absolute Gasteiger partial charge is 0.469 e. The van der Waals surface area contributed by atoms with Crippen LogP contribution in [0.15, 0.2) is 0 Å². The number of carbonyl (C=O) groups excluding carboxylic acids is 2. The smallest absolute Gasteiger partial charge is 0.407 e.